The molecule has 1 amide bonds. The molecule has 2 aromatic rings. The van der Waals surface area contributed by atoms with E-state index in [2.05, 4.69) is 48.3 Å². The molecule has 0 bridgehead atoms. The minimum atomic E-state index is -4.32. The highest BCUT2D eigenvalue weighted by Crippen LogP contribution is 2.31. The summed E-state index contributed by atoms with van der Waals surface area (Å²) >= 11 is 0. The van der Waals surface area contributed by atoms with Crippen molar-refractivity contribution in [3.8, 4) is 5.75 Å². The van der Waals surface area contributed by atoms with Crippen LogP contribution in [-0.4, -0.2) is 18.1 Å². The van der Waals surface area contributed by atoms with Gasteiger partial charge >= 0.3 is 6.18 Å². The van der Waals surface area contributed by atoms with Gasteiger partial charge in [0.25, 0.3) is 5.09 Å². The van der Waals surface area contributed by atoms with Gasteiger partial charge in [-0.25, -0.2) is 0 Å². The Labute approximate surface area is 253 Å². The van der Waals surface area contributed by atoms with Gasteiger partial charge in [-0.15, -0.1) is 10.1 Å². The molecule has 1 fully saturated rings. The number of rotatable bonds is 15. The van der Waals surface area contributed by atoms with E-state index in [1.54, 1.807) is 30.3 Å². The fraction of sp³-hybridized carbons (Fsp3) is 0.485. The number of amides is 1. The largest absolute Gasteiger partial charge is 0.493 e. The van der Waals surface area contributed by atoms with Crippen LogP contribution in [0.2, 0.25) is 0 Å². The molecule has 0 heterocycles. The normalized spacial score (nSPS) is 13.1. The molecule has 7 nitrogen and oxygen atoms in total. The SMILES string of the molecule is CC/C=C\CCCC.FC(F)(F)c1cccc(OCC/C=C/C2CCCC2)c1.O=CNCc1ccc(CO[N+](=O)[O-])cc1. The van der Waals surface area contributed by atoms with Crippen LogP contribution in [0.3, 0.4) is 0 Å². The summed E-state index contributed by atoms with van der Waals surface area (Å²) in [5, 5.41) is 11.6. The molecule has 1 aliphatic carbocycles. The Kier molecular flexibility index (Phi) is 19.7. The molecular formula is C33H45F3N2O5. The summed E-state index contributed by atoms with van der Waals surface area (Å²) < 4.78 is 42.9. The van der Waals surface area contributed by atoms with Gasteiger partial charge in [-0.1, -0.05) is 94.2 Å². The topological polar surface area (TPSA) is 90.7 Å². The number of benzene rings is 2. The van der Waals surface area contributed by atoms with E-state index in [9.17, 15) is 28.1 Å². The zero-order valence-electron chi connectivity index (χ0n) is 25.2. The molecule has 0 saturated heterocycles. The van der Waals surface area contributed by atoms with E-state index in [0.29, 0.717) is 31.0 Å². The average molecular weight is 607 g/mol. The number of carbonyl (C=O) groups excluding carboxylic acids is 1. The third kappa shape index (κ3) is 19.1. The number of hydrogen-bond donors (Lipinski definition) is 1. The molecule has 1 aliphatic rings. The van der Waals surface area contributed by atoms with E-state index in [-0.39, 0.29) is 12.4 Å². The van der Waals surface area contributed by atoms with Crippen LogP contribution in [0.25, 0.3) is 0 Å². The molecule has 0 atom stereocenters. The lowest BCUT2D eigenvalue weighted by Gasteiger charge is -2.09. The second kappa shape index (κ2) is 22.7. The highest BCUT2D eigenvalue weighted by atomic mass is 19.4. The van der Waals surface area contributed by atoms with Gasteiger partial charge < -0.3 is 14.9 Å². The first-order valence-corrected chi connectivity index (χ1v) is 14.8. The molecule has 2 aromatic carbocycles. The van der Waals surface area contributed by atoms with Crippen molar-refractivity contribution in [1.82, 2.24) is 5.32 Å². The predicted octanol–water partition coefficient (Wildman–Crippen LogP) is 9.00. The maximum Gasteiger partial charge on any atom is 0.416 e. The molecule has 238 valence electrons. The smallest absolute Gasteiger partial charge is 0.416 e. The van der Waals surface area contributed by atoms with Gasteiger partial charge in [-0.3, -0.25) is 4.79 Å². The molecule has 1 saturated carbocycles. The van der Waals surface area contributed by atoms with Gasteiger partial charge in [0, 0.05) is 6.54 Å². The summed E-state index contributed by atoms with van der Waals surface area (Å²) in [5.41, 5.74) is 0.963. The molecule has 0 aromatic heterocycles. The minimum absolute atomic E-state index is 0.0611. The van der Waals surface area contributed by atoms with Crippen molar-refractivity contribution in [3.63, 3.8) is 0 Å². The number of halogens is 3. The summed E-state index contributed by atoms with van der Waals surface area (Å²) in [5.74, 6) is 0.956. The zero-order chi connectivity index (χ0) is 31.8. The maximum atomic E-state index is 12.5. The van der Waals surface area contributed by atoms with E-state index in [4.69, 9.17) is 4.74 Å². The zero-order valence-corrected chi connectivity index (χ0v) is 25.2. The second-order valence-electron chi connectivity index (χ2n) is 9.97. The van der Waals surface area contributed by atoms with E-state index in [1.807, 2.05) is 0 Å². The second-order valence-corrected chi connectivity index (χ2v) is 9.97. The first kappa shape index (κ1) is 37.2. The van der Waals surface area contributed by atoms with E-state index < -0.39 is 16.8 Å². The molecule has 1 N–H and O–H groups in total. The van der Waals surface area contributed by atoms with Crippen molar-refractivity contribution in [3.05, 3.63) is 99.6 Å². The molecule has 43 heavy (non-hydrogen) atoms. The lowest BCUT2D eigenvalue weighted by molar-refractivity contribution is -0.763. The van der Waals surface area contributed by atoms with Gasteiger partial charge in [-0.2, -0.15) is 13.2 Å². The van der Waals surface area contributed by atoms with Crippen molar-refractivity contribution < 1.29 is 32.6 Å². The number of unbranched alkanes of at least 4 members (excludes halogenated alkanes) is 2. The molecular weight excluding hydrogens is 561 g/mol. The number of carbonyl (C=O) groups is 1. The number of nitrogens with zero attached hydrogens (tertiary/aromatic N) is 1. The van der Waals surface area contributed by atoms with E-state index in [0.717, 1.165) is 24.1 Å². The fourth-order valence-corrected chi connectivity index (χ4v) is 4.09. The Balaban J connectivity index is 0.000000354. The number of hydrogen-bond acceptors (Lipinski definition) is 5. The van der Waals surface area contributed by atoms with Crippen LogP contribution in [0.1, 0.15) is 88.3 Å². The lowest BCUT2D eigenvalue weighted by atomic mass is 10.1. The highest BCUT2D eigenvalue weighted by molar-refractivity contribution is 5.46. The van der Waals surface area contributed by atoms with Crippen LogP contribution < -0.4 is 10.1 Å². The van der Waals surface area contributed by atoms with Crippen molar-refractivity contribution in [2.75, 3.05) is 6.61 Å². The Hall–Kier alpha value is -3.82. The first-order valence-electron chi connectivity index (χ1n) is 14.8. The van der Waals surface area contributed by atoms with Crippen molar-refractivity contribution in [2.45, 2.75) is 91.0 Å². The van der Waals surface area contributed by atoms with Gasteiger partial charge in [0.05, 0.1) is 12.2 Å². The summed E-state index contributed by atoms with van der Waals surface area (Å²) in [7, 11) is 0. The van der Waals surface area contributed by atoms with Gasteiger partial charge in [-0.05, 0) is 67.3 Å². The van der Waals surface area contributed by atoms with Crippen LogP contribution >= 0.6 is 0 Å². The van der Waals surface area contributed by atoms with E-state index in [1.165, 1.54) is 57.4 Å². The number of alkyl halides is 3. The fourth-order valence-electron chi connectivity index (χ4n) is 4.09. The molecule has 0 spiro atoms. The Morgan fingerprint density at radius 2 is 1.70 bits per heavy atom. The summed E-state index contributed by atoms with van der Waals surface area (Å²) in [6.07, 6.45) is 16.0. The Morgan fingerprint density at radius 3 is 2.30 bits per heavy atom. The lowest BCUT2D eigenvalue weighted by Crippen LogP contribution is -2.09. The van der Waals surface area contributed by atoms with Crippen LogP contribution in [0, 0.1) is 16.0 Å². The van der Waals surface area contributed by atoms with Crippen LogP contribution in [0.15, 0.2) is 72.8 Å². The van der Waals surface area contributed by atoms with Crippen molar-refractivity contribution in [1.29, 1.82) is 0 Å². The van der Waals surface area contributed by atoms with E-state index >= 15 is 0 Å². The average Bonchev–Trinajstić information content (AvgIpc) is 3.52. The number of ether oxygens (including phenoxy) is 1. The summed E-state index contributed by atoms with van der Waals surface area (Å²) in [6.45, 7) is 5.18. The summed E-state index contributed by atoms with van der Waals surface area (Å²) in [6, 6.07) is 12.0. The minimum Gasteiger partial charge on any atom is -0.493 e. The van der Waals surface area contributed by atoms with Crippen LogP contribution in [0.5, 0.6) is 5.75 Å². The predicted molar refractivity (Wildman–Crippen MR) is 163 cm³/mol. The quantitative estimate of drug-likeness (QED) is 0.0718. The molecule has 0 radical (unpaired) electrons. The third-order valence-electron chi connectivity index (χ3n) is 6.40. The molecule has 0 unspecified atom stereocenters. The Morgan fingerprint density at radius 1 is 1.00 bits per heavy atom. The van der Waals surface area contributed by atoms with Gasteiger partial charge in [0.2, 0.25) is 6.41 Å². The number of nitrogens with one attached hydrogen (secondary N) is 1. The van der Waals surface area contributed by atoms with Gasteiger partial charge in [0.1, 0.15) is 12.4 Å². The summed E-state index contributed by atoms with van der Waals surface area (Å²) in [4.78, 5) is 24.1. The molecule has 3 rings (SSSR count). The Bertz CT molecular complexity index is 1080. The molecule has 0 aliphatic heterocycles. The van der Waals surface area contributed by atoms with Crippen molar-refractivity contribution in [2.24, 2.45) is 5.92 Å². The third-order valence-corrected chi connectivity index (χ3v) is 6.40. The van der Waals surface area contributed by atoms with Gasteiger partial charge in [0.15, 0.2) is 0 Å². The highest BCUT2D eigenvalue weighted by Gasteiger charge is 2.30. The number of allylic oxidation sites excluding steroid dienone is 3. The van der Waals surface area contributed by atoms with Crippen LogP contribution in [-0.2, 0) is 29.0 Å². The first-order chi connectivity index (χ1) is 20.7. The van der Waals surface area contributed by atoms with Crippen LogP contribution in [0.4, 0.5) is 13.2 Å². The molecule has 10 heteroatoms. The van der Waals surface area contributed by atoms with Crippen molar-refractivity contribution >= 4 is 6.41 Å². The standard InChI is InChI=1S/C16H19F3O.C9H10N2O4.C8H16/c17-16(18,19)14-9-5-10-15(12-14)20-11-4-3-8-13-6-1-2-7-13;12-7-10-5-8-1-3-9(4-2-8)6-15-11(13)14;1-3-5-7-8-6-4-2/h3,5,8-10,12-13H,1-2,4,6-7,11H2;1-4,7H,5-6H2,(H,10,12);5,7H,3-4,6,8H2,1-2H3/b8-3+;;7-5-. The maximum absolute atomic E-state index is 12.5. The monoisotopic (exact) mass is 606 g/mol.